The van der Waals surface area contributed by atoms with Crippen molar-refractivity contribution in [2.45, 2.75) is 12.3 Å². The lowest BCUT2D eigenvalue weighted by atomic mass is 9.91. The highest BCUT2D eigenvalue weighted by atomic mass is 79.9. The molecule has 25 heavy (non-hydrogen) atoms. The average Bonchev–Trinajstić information content (AvgIpc) is 2.97. The van der Waals surface area contributed by atoms with Crippen molar-refractivity contribution in [2.75, 3.05) is 0 Å². The van der Waals surface area contributed by atoms with E-state index in [0.717, 1.165) is 16.6 Å². The highest BCUT2D eigenvalue weighted by Crippen LogP contribution is 2.32. The van der Waals surface area contributed by atoms with Crippen LogP contribution < -0.4 is 0 Å². The molecule has 0 aliphatic heterocycles. The third-order valence-electron chi connectivity index (χ3n) is 3.99. The summed E-state index contributed by atoms with van der Waals surface area (Å²) in [5.41, 5.74) is 0.817. The third kappa shape index (κ3) is 3.32. The number of hydrogen-bond donors (Lipinski definition) is 2. The zero-order valence-corrected chi connectivity index (χ0v) is 14.3. The van der Waals surface area contributed by atoms with Crippen molar-refractivity contribution in [3.05, 3.63) is 69.8 Å². The van der Waals surface area contributed by atoms with Crippen LogP contribution in [0.15, 0.2) is 47.1 Å². The van der Waals surface area contributed by atoms with Gasteiger partial charge in [-0.1, -0.05) is 12.1 Å². The van der Waals surface area contributed by atoms with E-state index in [1.807, 2.05) is 0 Å². The number of ketones is 1. The van der Waals surface area contributed by atoms with E-state index in [1.165, 1.54) is 6.20 Å². The Hall–Kier alpha value is -2.54. The van der Waals surface area contributed by atoms with Crippen LogP contribution >= 0.6 is 15.9 Å². The molecular formula is C18H12BrF2NO3. The molecule has 1 aromatic heterocycles. The zero-order valence-electron chi connectivity index (χ0n) is 12.7. The Labute approximate surface area is 149 Å². The Morgan fingerprint density at radius 2 is 1.96 bits per heavy atom. The van der Waals surface area contributed by atoms with Crippen molar-refractivity contribution in [3.8, 4) is 0 Å². The Balaban J connectivity index is 1.97. The summed E-state index contributed by atoms with van der Waals surface area (Å²) in [5.74, 6) is -4.85. The molecule has 0 spiro atoms. The molecule has 0 fully saturated rings. The lowest BCUT2D eigenvalue weighted by Crippen LogP contribution is -2.17. The number of H-pyrrole nitrogens is 1. The highest BCUT2D eigenvalue weighted by Gasteiger charge is 2.27. The van der Waals surface area contributed by atoms with Crippen LogP contribution in [0.2, 0.25) is 0 Å². The van der Waals surface area contributed by atoms with Gasteiger partial charge in [-0.2, -0.15) is 0 Å². The second-order valence-electron chi connectivity index (χ2n) is 5.55. The average molecular weight is 408 g/mol. The maximum Gasteiger partial charge on any atom is 0.311 e. The van der Waals surface area contributed by atoms with Gasteiger partial charge in [-0.3, -0.25) is 9.59 Å². The molecule has 0 aliphatic carbocycles. The number of carboxylic acid groups (broad SMARTS) is 1. The van der Waals surface area contributed by atoms with Crippen molar-refractivity contribution < 1.29 is 23.5 Å². The zero-order chi connectivity index (χ0) is 18.1. The van der Waals surface area contributed by atoms with Gasteiger partial charge in [0.15, 0.2) is 5.78 Å². The van der Waals surface area contributed by atoms with Crippen molar-refractivity contribution in [1.82, 2.24) is 4.98 Å². The highest BCUT2D eigenvalue weighted by molar-refractivity contribution is 9.10. The van der Waals surface area contributed by atoms with E-state index in [9.17, 15) is 23.5 Å². The molecule has 128 valence electrons. The molecule has 3 aromatic rings. The van der Waals surface area contributed by atoms with Crippen LogP contribution in [0.5, 0.6) is 0 Å². The van der Waals surface area contributed by atoms with E-state index >= 15 is 0 Å². The molecule has 0 amide bonds. The maximum atomic E-state index is 13.8. The maximum absolute atomic E-state index is 13.8. The molecule has 0 aliphatic rings. The number of aromatic nitrogens is 1. The minimum absolute atomic E-state index is 0.325. The first-order chi connectivity index (χ1) is 11.9. The number of carbonyl (C=O) groups excluding carboxylic acids is 1. The molecule has 0 unspecified atom stereocenters. The van der Waals surface area contributed by atoms with Crippen LogP contribution in [0.1, 0.15) is 28.3 Å². The van der Waals surface area contributed by atoms with Gasteiger partial charge in [0.05, 0.1) is 17.0 Å². The van der Waals surface area contributed by atoms with Gasteiger partial charge in [0.2, 0.25) is 0 Å². The van der Waals surface area contributed by atoms with Crippen LogP contribution in [0.4, 0.5) is 8.78 Å². The fourth-order valence-electron chi connectivity index (χ4n) is 2.77. The summed E-state index contributed by atoms with van der Waals surface area (Å²) >= 11 is 3.37. The van der Waals surface area contributed by atoms with Gasteiger partial charge in [0, 0.05) is 28.5 Å². The SMILES string of the molecule is O=C(C[C@H](C(=O)O)c1c[nH]c2c(Br)cccc12)c1ccc(F)cc1F. The van der Waals surface area contributed by atoms with Crippen LogP contribution in [-0.2, 0) is 4.79 Å². The number of nitrogens with one attached hydrogen (secondary N) is 1. The van der Waals surface area contributed by atoms with Gasteiger partial charge < -0.3 is 10.1 Å². The molecule has 1 atom stereocenters. The number of halogens is 3. The summed E-state index contributed by atoms with van der Waals surface area (Å²) in [5, 5.41) is 10.2. The number of carboxylic acids is 1. The van der Waals surface area contributed by atoms with Gasteiger partial charge in [-0.05, 0) is 39.7 Å². The van der Waals surface area contributed by atoms with E-state index in [-0.39, 0.29) is 5.56 Å². The Kier molecular flexibility index (Phi) is 4.67. The number of carbonyl (C=O) groups is 2. The number of hydrogen-bond acceptors (Lipinski definition) is 2. The quantitative estimate of drug-likeness (QED) is 0.604. The van der Waals surface area contributed by atoms with E-state index in [0.29, 0.717) is 22.5 Å². The van der Waals surface area contributed by atoms with E-state index < -0.39 is 35.7 Å². The number of Topliss-reactive ketones (excluding diaryl/α,β-unsaturated/α-hetero) is 1. The predicted molar refractivity (Wildman–Crippen MR) is 91.7 cm³/mol. The lowest BCUT2D eigenvalue weighted by molar-refractivity contribution is -0.138. The number of aliphatic carboxylic acids is 1. The molecule has 2 N–H and O–H groups in total. The number of benzene rings is 2. The molecule has 0 saturated carbocycles. The Morgan fingerprint density at radius 3 is 2.64 bits per heavy atom. The van der Waals surface area contributed by atoms with Crippen molar-refractivity contribution >= 4 is 38.6 Å². The number of para-hydroxylation sites is 1. The standard InChI is InChI=1S/C18H12BrF2NO3/c19-14-3-1-2-10-13(8-22-17(10)14)12(18(24)25)7-16(23)11-5-4-9(20)6-15(11)21/h1-6,8,12,22H,7H2,(H,24,25)/t12-/m0/s1. The van der Waals surface area contributed by atoms with Crippen LogP contribution in [0.3, 0.4) is 0 Å². The van der Waals surface area contributed by atoms with Crippen molar-refractivity contribution in [2.24, 2.45) is 0 Å². The first-order valence-corrected chi connectivity index (χ1v) is 8.14. The van der Waals surface area contributed by atoms with Gasteiger partial charge in [-0.25, -0.2) is 8.78 Å². The van der Waals surface area contributed by atoms with Gasteiger partial charge in [0.25, 0.3) is 0 Å². The lowest BCUT2D eigenvalue weighted by Gasteiger charge is -2.11. The molecular weight excluding hydrogens is 396 g/mol. The molecule has 4 nitrogen and oxygen atoms in total. The molecule has 0 saturated heterocycles. The normalized spacial score (nSPS) is 12.3. The topological polar surface area (TPSA) is 70.2 Å². The second-order valence-corrected chi connectivity index (χ2v) is 6.40. The fraction of sp³-hybridized carbons (Fsp3) is 0.111. The molecule has 1 heterocycles. The summed E-state index contributed by atoms with van der Waals surface area (Å²) < 4.78 is 27.5. The first-order valence-electron chi connectivity index (χ1n) is 7.35. The summed E-state index contributed by atoms with van der Waals surface area (Å²) in [6.07, 6.45) is 1.10. The molecule has 7 heteroatoms. The molecule has 3 rings (SSSR count). The summed E-state index contributed by atoms with van der Waals surface area (Å²) in [6, 6.07) is 7.89. The predicted octanol–water partition coefficient (Wildman–Crippen LogP) is 4.65. The van der Waals surface area contributed by atoms with Crippen LogP contribution in [0.25, 0.3) is 10.9 Å². The molecule has 0 bridgehead atoms. The monoisotopic (exact) mass is 407 g/mol. The number of rotatable bonds is 5. The van der Waals surface area contributed by atoms with Crippen LogP contribution in [0, 0.1) is 11.6 Å². The summed E-state index contributed by atoms with van der Waals surface area (Å²) in [4.78, 5) is 27.0. The van der Waals surface area contributed by atoms with Crippen LogP contribution in [-0.4, -0.2) is 21.8 Å². The molecule has 0 radical (unpaired) electrons. The largest absolute Gasteiger partial charge is 0.481 e. The fourth-order valence-corrected chi connectivity index (χ4v) is 3.25. The van der Waals surface area contributed by atoms with Gasteiger partial charge in [0.1, 0.15) is 11.6 Å². The van der Waals surface area contributed by atoms with Gasteiger partial charge in [-0.15, -0.1) is 0 Å². The summed E-state index contributed by atoms with van der Waals surface area (Å²) in [6.45, 7) is 0. The van der Waals surface area contributed by atoms with Gasteiger partial charge >= 0.3 is 5.97 Å². The smallest absolute Gasteiger partial charge is 0.311 e. The Morgan fingerprint density at radius 1 is 1.20 bits per heavy atom. The second kappa shape index (κ2) is 6.76. The number of aromatic amines is 1. The van der Waals surface area contributed by atoms with Crippen molar-refractivity contribution in [3.63, 3.8) is 0 Å². The summed E-state index contributed by atoms with van der Waals surface area (Å²) in [7, 11) is 0. The molecule has 2 aromatic carbocycles. The first kappa shape index (κ1) is 17.3. The van der Waals surface area contributed by atoms with E-state index in [4.69, 9.17) is 0 Å². The van der Waals surface area contributed by atoms with E-state index in [1.54, 1.807) is 18.2 Å². The minimum Gasteiger partial charge on any atom is -0.481 e. The van der Waals surface area contributed by atoms with Crippen molar-refractivity contribution in [1.29, 1.82) is 0 Å². The van der Waals surface area contributed by atoms with E-state index in [2.05, 4.69) is 20.9 Å². The minimum atomic E-state index is -1.20. The third-order valence-corrected chi connectivity index (χ3v) is 4.65. The number of fused-ring (bicyclic) bond motifs is 1. The Bertz CT molecular complexity index is 984.